The number of fused-ring (bicyclic) bond motifs is 1. The molecule has 3 aromatic rings. The van der Waals surface area contributed by atoms with E-state index in [1.807, 2.05) is 0 Å². The Kier molecular flexibility index (Phi) is 2.36. The summed E-state index contributed by atoms with van der Waals surface area (Å²) in [5.74, 6) is -0.335. The van der Waals surface area contributed by atoms with Crippen LogP contribution in [0.3, 0.4) is 0 Å². The SMILES string of the molecule is Cn1ncc2ncc(-c3ccoc3C(F)F)cc21. The topological polar surface area (TPSA) is 43.9 Å². The van der Waals surface area contributed by atoms with Crippen molar-refractivity contribution in [2.75, 3.05) is 0 Å². The Morgan fingerprint density at radius 3 is 2.94 bits per heavy atom. The summed E-state index contributed by atoms with van der Waals surface area (Å²) in [6.45, 7) is 0. The minimum Gasteiger partial charge on any atom is -0.463 e. The van der Waals surface area contributed by atoms with Gasteiger partial charge in [0.1, 0.15) is 5.52 Å². The second-order valence-corrected chi connectivity index (χ2v) is 3.90. The van der Waals surface area contributed by atoms with Crippen LogP contribution in [-0.4, -0.2) is 14.8 Å². The van der Waals surface area contributed by atoms with Crippen LogP contribution in [0.15, 0.2) is 35.2 Å². The first kappa shape index (κ1) is 10.9. The highest BCUT2D eigenvalue weighted by Crippen LogP contribution is 2.32. The van der Waals surface area contributed by atoms with Gasteiger partial charge in [-0.25, -0.2) is 8.78 Å². The van der Waals surface area contributed by atoms with Gasteiger partial charge in [-0.15, -0.1) is 0 Å². The maximum atomic E-state index is 12.7. The molecule has 0 aromatic carbocycles. The molecule has 0 aliphatic heterocycles. The molecule has 3 heterocycles. The van der Waals surface area contributed by atoms with Gasteiger partial charge in [0.15, 0.2) is 5.76 Å². The third-order valence-corrected chi connectivity index (χ3v) is 2.80. The molecule has 0 spiro atoms. The lowest BCUT2D eigenvalue weighted by atomic mass is 10.1. The van der Waals surface area contributed by atoms with Crippen LogP contribution in [0.1, 0.15) is 12.2 Å². The van der Waals surface area contributed by atoms with E-state index >= 15 is 0 Å². The fourth-order valence-corrected chi connectivity index (χ4v) is 1.90. The first-order valence-corrected chi connectivity index (χ1v) is 5.30. The molecule has 3 aromatic heterocycles. The third-order valence-electron chi connectivity index (χ3n) is 2.80. The summed E-state index contributed by atoms with van der Waals surface area (Å²) in [5.41, 5.74) is 2.47. The van der Waals surface area contributed by atoms with Gasteiger partial charge in [-0.05, 0) is 12.1 Å². The summed E-state index contributed by atoms with van der Waals surface area (Å²) in [4.78, 5) is 4.19. The van der Waals surface area contributed by atoms with Crippen molar-refractivity contribution in [1.29, 1.82) is 0 Å². The molecule has 6 heteroatoms. The maximum Gasteiger partial charge on any atom is 0.296 e. The molecule has 0 unspecified atom stereocenters. The minimum atomic E-state index is -2.64. The predicted molar refractivity (Wildman–Crippen MR) is 61.2 cm³/mol. The highest BCUT2D eigenvalue weighted by atomic mass is 19.3. The van der Waals surface area contributed by atoms with Crippen molar-refractivity contribution in [3.05, 3.63) is 36.5 Å². The molecular formula is C12H9F2N3O. The van der Waals surface area contributed by atoms with E-state index in [0.717, 1.165) is 11.0 Å². The van der Waals surface area contributed by atoms with Crippen molar-refractivity contribution in [3.63, 3.8) is 0 Å². The van der Waals surface area contributed by atoms with Gasteiger partial charge in [-0.3, -0.25) is 9.67 Å². The summed E-state index contributed by atoms with van der Waals surface area (Å²) in [7, 11) is 1.77. The summed E-state index contributed by atoms with van der Waals surface area (Å²) in [6.07, 6.45) is 1.78. The third kappa shape index (κ3) is 1.57. The van der Waals surface area contributed by atoms with Gasteiger partial charge in [-0.2, -0.15) is 5.10 Å². The molecule has 4 nitrogen and oxygen atoms in total. The van der Waals surface area contributed by atoms with Crippen LogP contribution in [0.4, 0.5) is 8.78 Å². The van der Waals surface area contributed by atoms with Gasteiger partial charge in [0.2, 0.25) is 0 Å². The van der Waals surface area contributed by atoms with Gasteiger partial charge >= 0.3 is 0 Å². The summed E-state index contributed by atoms with van der Waals surface area (Å²) in [6, 6.07) is 3.28. The molecule has 0 radical (unpaired) electrons. The number of furan rings is 1. The van der Waals surface area contributed by atoms with E-state index < -0.39 is 6.43 Å². The van der Waals surface area contributed by atoms with Gasteiger partial charge < -0.3 is 4.42 Å². The van der Waals surface area contributed by atoms with Crippen molar-refractivity contribution in [1.82, 2.24) is 14.8 Å². The Balaban J connectivity index is 2.19. The largest absolute Gasteiger partial charge is 0.463 e. The average Bonchev–Trinajstić information content (AvgIpc) is 2.96. The number of hydrogen-bond donors (Lipinski definition) is 0. The molecule has 0 N–H and O–H groups in total. The molecule has 0 saturated carbocycles. The molecule has 0 aliphatic carbocycles. The van der Waals surface area contributed by atoms with E-state index in [1.54, 1.807) is 30.2 Å². The number of halogens is 2. The van der Waals surface area contributed by atoms with Crippen molar-refractivity contribution in [2.24, 2.45) is 7.05 Å². The maximum absolute atomic E-state index is 12.7. The summed E-state index contributed by atoms with van der Waals surface area (Å²) >= 11 is 0. The Morgan fingerprint density at radius 1 is 1.33 bits per heavy atom. The van der Waals surface area contributed by atoms with E-state index in [4.69, 9.17) is 4.42 Å². The molecule has 0 aliphatic rings. The average molecular weight is 249 g/mol. The summed E-state index contributed by atoms with van der Waals surface area (Å²) in [5, 5.41) is 4.06. The van der Waals surface area contributed by atoms with Gasteiger partial charge in [-0.1, -0.05) is 0 Å². The lowest BCUT2D eigenvalue weighted by Gasteiger charge is -2.02. The standard InChI is InChI=1S/C12H9F2N3O/c1-17-10-4-7(5-15-9(10)6-16-17)8-2-3-18-11(8)12(13)14/h2-6,12H,1H3. The van der Waals surface area contributed by atoms with Crippen molar-refractivity contribution in [3.8, 4) is 11.1 Å². The van der Waals surface area contributed by atoms with Crippen molar-refractivity contribution in [2.45, 2.75) is 6.43 Å². The monoisotopic (exact) mass is 249 g/mol. The number of nitrogens with zero attached hydrogens (tertiary/aromatic N) is 3. The van der Waals surface area contributed by atoms with Crippen molar-refractivity contribution >= 4 is 11.0 Å². The Hall–Kier alpha value is -2.24. The number of aryl methyl sites for hydroxylation is 1. The first-order chi connectivity index (χ1) is 8.66. The molecule has 0 fully saturated rings. The van der Waals surface area contributed by atoms with E-state index in [-0.39, 0.29) is 5.76 Å². The zero-order valence-corrected chi connectivity index (χ0v) is 9.47. The van der Waals surface area contributed by atoms with E-state index in [9.17, 15) is 8.78 Å². The quantitative estimate of drug-likeness (QED) is 0.700. The highest BCUT2D eigenvalue weighted by Gasteiger charge is 2.18. The van der Waals surface area contributed by atoms with E-state index in [0.29, 0.717) is 11.1 Å². The molecule has 3 rings (SSSR count). The zero-order valence-electron chi connectivity index (χ0n) is 9.47. The van der Waals surface area contributed by atoms with Crippen LogP contribution in [0.5, 0.6) is 0 Å². The van der Waals surface area contributed by atoms with Crippen LogP contribution in [0, 0.1) is 0 Å². The Labute approximate surface area is 101 Å². The van der Waals surface area contributed by atoms with Crippen LogP contribution in [0.2, 0.25) is 0 Å². The number of hydrogen-bond acceptors (Lipinski definition) is 3. The smallest absolute Gasteiger partial charge is 0.296 e. The van der Waals surface area contributed by atoms with Crippen LogP contribution >= 0.6 is 0 Å². The molecule has 0 bridgehead atoms. The van der Waals surface area contributed by atoms with Gasteiger partial charge in [0.05, 0.1) is 18.0 Å². The normalized spacial score (nSPS) is 11.6. The first-order valence-electron chi connectivity index (χ1n) is 5.30. The number of alkyl halides is 2. The fourth-order valence-electron chi connectivity index (χ4n) is 1.90. The van der Waals surface area contributed by atoms with Crippen LogP contribution in [0.25, 0.3) is 22.2 Å². The predicted octanol–water partition coefficient (Wildman–Crippen LogP) is 3.17. The van der Waals surface area contributed by atoms with E-state index in [1.165, 1.54) is 12.3 Å². The molecule has 0 atom stereocenters. The van der Waals surface area contributed by atoms with Crippen LogP contribution in [-0.2, 0) is 7.05 Å². The Morgan fingerprint density at radius 2 is 2.17 bits per heavy atom. The highest BCUT2D eigenvalue weighted by molar-refractivity contribution is 5.80. The van der Waals surface area contributed by atoms with E-state index in [2.05, 4.69) is 10.1 Å². The Bertz CT molecular complexity index is 702. The van der Waals surface area contributed by atoms with Gasteiger partial charge in [0, 0.05) is 24.4 Å². The molecule has 92 valence electrons. The second kappa shape index (κ2) is 3.90. The number of pyridine rings is 1. The molecular weight excluding hydrogens is 240 g/mol. The van der Waals surface area contributed by atoms with Gasteiger partial charge in [0.25, 0.3) is 6.43 Å². The fraction of sp³-hybridized carbons (Fsp3) is 0.167. The zero-order chi connectivity index (χ0) is 12.7. The number of aromatic nitrogens is 3. The second-order valence-electron chi connectivity index (χ2n) is 3.90. The molecule has 0 amide bonds. The lowest BCUT2D eigenvalue weighted by molar-refractivity contribution is 0.122. The van der Waals surface area contributed by atoms with Crippen LogP contribution < -0.4 is 0 Å². The molecule has 18 heavy (non-hydrogen) atoms. The lowest BCUT2D eigenvalue weighted by Crippen LogP contribution is -1.91. The number of rotatable bonds is 2. The summed E-state index contributed by atoms with van der Waals surface area (Å²) < 4.78 is 31.9. The minimum absolute atomic E-state index is 0.335. The van der Waals surface area contributed by atoms with Crippen molar-refractivity contribution < 1.29 is 13.2 Å². The molecule has 0 saturated heterocycles.